The van der Waals surface area contributed by atoms with Crippen molar-refractivity contribution in [1.82, 2.24) is 19.9 Å². The predicted octanol–water partition coefficient (Wildman–Crippen LogP) is 3.03. The van der Waals surface area contributed by atoms with E-state index in [9.17, 15) is 18.8 Å². The summed E-state index contributed by atoms with van der Waals surface area (Å²) in [4.78, 5) is 44.3. The molecule has 2 heterocycles. The van der Waals surface area contributed by atoms with Gasteiger partial charge in [0, 0.05) is 30.3 Å². The van der Waals surface area contributed by atoms with Gasteiger partial charge >= 0.3 is 5.69 Å². The lowest BCUT2D eigenvalue weighted by Crippen LogP contribution is -2.33. The van der Waals surface area contributed by atoms with Crippen LogP contribution in [0, 0.1) is 5.82 Å². The molecule has 2 N–H and O–H groups in total. The molecule has 0 saturated heterocycles. The van der Waals surface area contributed by atoms with E-state index in [-0.39, 0.29) is 28.3 Å². The zero-order chi connectivity index (χ0) is 22.5. The molecule has 0 unspecified atom stereocenters. The van der Waals surface area contributed by atoms with E-state index in [0.717, 1.165) is 0 Å². The minimum atomic E-state index is -0.633. The fraction of sp³-hybridized carbons (Fsp3) is 0.364. The third-order valence-corrected chi connectivity index (χ3v) is 5.88. The SMILES string of the molecule is CCn1c(=O)[nH]c(=O)c2c(C(=O)NCCSCc3ccccc3F)cc(C(C)C)nc21. The van der Waals surface area contributed by atoms with E-state index in [1.807, 2.05) is 13.8 Å². The molecule has 164 valence electrons. The first kappa shape index (κ1) is 22.7. The fourth-order valence-corrected chi connectivity index (χ4v) is 4.04. The molecular weight excluding hydrogens is 419 g/mol. The largest absolute Gasteiger partial charge is 0.351 e. The van der Waals surface area contributed by atoms with Crippen LogP contribution in [-0.4, -0.2) is 32.7 Å². The lowest BCUT2D eigenvalue weighted by atomic mass is 10.0. The summed E-state index contributed by atoms with van der Waals surface area (Å²) in [6.45, 7) is 6.29. The molecular formula is C22H25FN4O3S. The number of hydrogen-bond donors (Lipinski definition) is 2. The average Bonchev–Trinajstić information content (AvgIpc) is 2.73. The highest BCUT2D eigenvalue weighted by Crippen LogP contribution is 2.20. The van der Waals surface area contributed by atoms with E-state index in [1.165, 1.54) is 22.4 Å². The number of H-pyrrole nitrogens is 1. The second-order valence-electron chi connectivity index (χ2n) is 7.35. The molecule has 1 aromatic carbocycles. The van der Waals surface area contributed by atoms with E-state index in [1.54, 1.807) is 31.2 Å². The maximum atomic E-state index is 13.7. The summed E-state index contributed by atoms with van der Waals surface area (Å²) in [5.41, 5.74) is 0.456. The molecule has 0 radical (unpaired) electrons. The van der Waals surface area contributed by atoms with Crippen molar-refractivity contribution in [2.45, 2.75) is 39.0 Å². The number of rotatable bonds is 8. The molecule has 0 aliphatic carbocycles. The molecule has 0 saturated carbocycles. The second kappa shape index (κ2) is 9.91. The highest BCUT2D eigenvalue weighted by Gasteiger charge is 2.20. The number of aromatic amines is 1. The minimum absolute atomic E-state index is 0.00645. The van der Waals surface area contributed by atoms with Gasteiger partial charge in [0.05, 0.1) is 10.9 Å². The zero-order valence-electron chi connectivity index (χ0n) is 17.7. The van der Waals surface area contributed by atoms with E-state index in [4.69, 9.17) is 0 Å². The molecule has 31 heavy (non-hydrogen) atoms. The van der Waals surface area contributed by atoms with Crippen LogP contribution < -0.4 is 16.6 Å². The topological polar surface area (TPSA) is 96.9 Å². The van der Waals surface area contributed by atoms with Crippen LogP contribution in [0.1, 0.15) is 48.3 Å². The van der Waals surface area contributed by atoms with Crippen LogP contribution >= 0.6 is 11.8 Å². The molecule has 9 heteroatoms. The Morgan fingerprint density at radius 3 is 2.71 bits per heavy atom. The Labute approximate surface area is 183 Å². The lowest BCUT2D eigenvalue weighted by Gasteiger charge is -2.14. The number of thioether (sulfide) groups is 1. The summed E-state index contributed by atoms with van der Waals surface area (Å²) < 4.78 is 15.0. The van der Waals surface area contributed by atoms with E-state index in [2.05, 4.69) is 15.3 Å². The molecule has 0 spiro atoms. The number of fused-ring (bicyclic) bond motifs is 1. The van der Waals surface area contributed by atoms with Crippen molar-refractivity contribution < 1.29 is 9.18 Å². The third-order valence-electron chi connectivity index (χ3n) is 4.87. The Kier molecular flexibility index (Phi) is 7.27. The Morgan fingerprint density at radius 2 is 2.03 bits per heavy atom. The van der Waals surface area contributed by atoms with Gasteiger partial charge in [-0.05, 0) is 30.5 Å². The van der Waals surface area contributed by atoms with Crippen LogP contribution in [0.4, 0.5) is 4.39 Å². The summed E-state index contributed by atoms with van der Waals surface area (Å²) >= 11 is 1.50. The zero-order valence-corrected chi connectivity index (χ0v) is 18.5. The van der Waals surface area contributed by atoms with Crippen molar-refractivity contribution in [2.75, 3.05) is 12.3 Å². The van der Waals surface area contributed by atoms with Gasteiger partial charge in [-0.25, -0.2) is 14.2 Å². The Balaban J connectivity index is 1.80. The summed E-state index contributed by atoms with van der Waals surface area (Å²) in [5.74, 6) is 0.431. The van der Waals surface area contributed by atoms with Gasteiger partial charge in [0.25, 0.3) is 11.5 Å². The highest BCUT2D eigenvalue weighted by atomic mass is 32.2. The van der Waals surface area contributed by atoms with Crippen molar-refractivity contribution in [3.05, 3.63) is 73.8 Å². The maximum absolute atomic E-state index is 13.7. The third kappa shape index (κ3) is 5.04. The first-order chi connectivity index (χ1) is 14.8. The summed E-state index contributed by atoms with van der Waals surface area (Å²) in [5, 5.41) is 2.92. The van der Waals surface area contributed by atoms with Crippen molar-refractivity contribution in [3.63, 3.8) is 0 Å². The average molecular weight is 445 g/mol. The van der Waals surface area contributed by atoms with Gasteiger partial charge < -0.3 is 5.32 Å². The van der Waals surface area contributed by atoms with Gasteiger partial charge in [-0.1, -0.05) is 32.0 Å². The smallest absolute Gasteiger partial charge is 0.329 e. The number of hydrogen-bond acceptors (Lipinski definition) is 5. The standard InChI is InChI=1S/C22H25FN4O3S/c1-4-27-19-18(21(29)26-22(27)30)15(11-17(25-19)13(2)3)20(28)24-9-10-31-12-14-7-5-6-8-16(14)23/h5-8,11,13H,4,9-10,12H2,1-3H3,(H,24,28)(H,26,29,30). The van der Waals surface area contributed by atoms with Crippen molar-refractivity contribution >= 4 is 28.7 Å². The fourth-order valence-electron chi connectivity index (χ4n) is 3.19. The molecule has 0 fully saturated rings. The molecule has 0 atom stereocenters. The number of carbonyl (C=O) groups is 1. The van der Waals surface area contributed by atoms with Crippen molar-refractivity contribution in [2.24, 2.45) is 0 Å². The number of amides is 1. The number of aryl methyl sites for hydroxylation is 1. The Bertz CT molecular complexity index is 1220. The summed E-state index contributed by atoms with van der Waals surface area (Å²) in [6, 6.07) is 8.19. The number of carbonyl (C=O) groups excluding carboxylic acids is 1. The van der Waals surface area contributed by atoms with Gasteiger partial charge in [0.15, 0.2) is 5.65 Å². The van der Waals surface area contributed by atoms with Crippen LogP contribution in [-0.2, 0) is 12.3 Å². The monoisotopic (exact) mass is 444 g/mol. The molecule has 0 aliphatic rings. The normalized spacial score (nSPS) is 11.3. The summed E-state index contributed by atoms with van der Waals surface area (Å²) in [6.07, 6.45) is 0. The number of nitrogens with zero attached hydrogens (tertiary/aromatic N) is 2. The van der Waals surface area contributed by atoms with Crippen LogP contribution in [0.15, 0.2) is 39.9 Å². The summed E-state index contributed by atoms with van der Waals surface area (Å²) in [7, 11) is 0. The number of pyridine rings is 1. The molecule has 1 amide bonds. The Hall–Kier alpha value is -2.94. The van der Waals surface area contributed by atoms with Crippen LogP contribution in [0.25, 0.3) is 11.0 Å². The molecule has 2 aromatic heterocycles. The van der Waals surface area contributed by atoms with Gasteiger partial charge in [0.2, 0.25) is 0 Å². The number of aromatic nitrogens is 3. The van der Waals surface area contributed by atoms with Gasteiger partial charge in [-0.15, -0.1) is 0 Å². The first-order valence-electron chi connectivity index (χ1n) is 10.1. The molecule has 3 rings (SSSR count). The molecule has 0 bridgehead atoms. The van der Waals surface area contributed by atoms with Crippen molar-refractivity contribution in [1.29, 1.82) is 0 Å². The Morgan fingerprint density at radius 1 is 1.29 bits per heavy atom. The van der Waals surface area contributed by atoms with Gasteiger partial charge in [0.1, 0.15) is 5.82 Å². The predicted molar refractivity (Wildman–Crippen MR) is 121 cm³/mol. The second-order valence-corrected chi connectivity index (χ2v) is 8.46. The van der Waals surface area contributed by atoms with Gasteiger partial charge in [-0.3, -0.25) is 19.1 Å². The quantitative estimate of drug-likeness (QED) is 0.521. The highest BCUT2D eigenvalue weighted by molar-refractivity contribution is 7.98. The van der Waals surface area contributed by atoms with Crippen LogP contribution in [0.2, 0.25) is 0 Å². The number of halogens is 1. The van der Waals surface area contributed by atoms with Crippen LogP contribution in [0.3, 0.4) is 0 Å². The molecule has 0 aliphatic heterocycles. The minimum Gasteiger partial charge on any atom is -0.351 e. The van der Waals surface area contributed by atoms with E-state index in [0.29, 0.717) is 35.9 Å². The van der Waals surface area contributed by atoms with Gasteiger partial charge in [-0.2, -0.15) is 11.8 Å². The van der Waals surface area contributed by atoms with Crippen molar-refractivity contribution in [3.8, 4) is 0 Å². The molecule has 3 aromatic rings. The lowest BCUT2D eigenvalue weighted by molar-refractivity contribution is 0.0957. The number of nitrogens with one attached hydrogen (secondary N) is 2. The first-order valence-corrected chi connectivity index (χ1v) is 11.3. The maximum Gasteiger partial charge on any atom is 0.329 e. The van der Waals surface area contributed by atoms with E-state index >= 15 is 0 Å². The van der Waals surface area contributed by atoms with E-state index < -0.39 is 17.2 Å². The number of benzene rings is 1. The van der Waals surface area contributed by atoms with Crippen LogP contribution in [0.5, 0.6) is 0 Å². The molecule has 7 nitrogen and oxygen atoms in total.